The highest BCUT2D eigenvalue weighted by atomic mass is 14.8. The Bertz CT molecular complexity index is 268. The quantitative estimate of drug-likeness (QED) is 0.711. The zero-order valence-corrected chi connectivity index (χ0v) is 7.83. The minimum absolute atomic E-state index is 0.0711. The second-order valence-electron chi connectivity index (χ2n) is 3.58. The topological polar surface area (TPSA) is 51.8 Å². The van der Waals surface area contributed by atoms with E-state index in [-0.39, 0.29) is 5.41 Å². The molecule has 12 heavy (non-hydrogen) atoms. The van der Waals surface area contributed by atoms with Gasteiger partial charge in [-0.15, -0.1) is 0 Å². The smallest absolute Gasteiger partial charge is 0.0684 e. The molecular weight excluding hydrogens is 150 g/mol. The Kier molecular flexibility index (Phi) is 2.43. The van der Waals surface area contributed by atoms with Crippen LogP contribution < -0.4 is 5.73 Å². The molecule has 66 valence electrons. The van der Waals surface area contributed by atoms with Gasteiger partial charge in [-0.3, -0.25) is 9.97 Å². The predicted molar refractivity (Wildman–Crippen MR) is 48.8 cm³/mol. The molecule has 3 nitrogen and oxygen atoms in total. The number of rotatable bonds is 2. The normalized spacial score (nSPS) is 11.7. The third-order valence-corrected chi connectivity index (χ3v) is 2.03. The maximum absolute atomic E-state index is 5.64. The van der Waals surface area contributed by atoms with Crippen molar-refractivity contribution in [3.05, 3.63) is 23.8 Å². The molecular formula is C9H15N3. The molecule has 0 aliphatic rings. The molecule has 3 heteroatoms. The molecule has 0 fully saturated rings. The molecule has 0 amide bonds. The van der Waals surface area contributed by atoms with E-state index < -0.39 is 0 Å². The molecule has 1 rings (SSSR count). The van der Waals surface area contributed by atoms with Crippen LogP contribution in [0.1, 0.15) is 25.2 Å². The van der Waals surface area contributed by atoms with Gasteiger partial charge in [0.05, 0.1) is 11.4 Å². The first kappa shape index (κ1) is 9.13. The van der Waals surface area contributed by atoms with Crippen molar-refractivity contribution < 1.29 is 0 Å². The summed E-state index contributed by atoms with van der Waals surface area (Å²) in [6.45, 7) is 6.69. The lowest BCUT2D eigenvalue weighted by atomic mass is 9.88. The number of aryl methyl sites for hydroxylation is 1. The van der Waals surface area contributed by atoms with E-state index >= 15 is 0 Å². The van der Waals surface area contributed by atoms with Gasteiger partial charge < -0.3 is 5.73 Å². The van der Waals surface area contributed by atoms with Crippen molar-refractivity contribution >= 4 is 0 Å². The van der Waals surface area contributed by atoms with Crippen LogP contribution in [0.3, 0.4) is 0 Å². The standard InChI is InChI=1S/C9H15N3/c1-7-8(9(2,3)6-10)12-5-4-11-7/h4-5H,6,10H2,1-3H3. The summed E-state index contributed by atoms with van der Waals surface area (Å²) in [6.07, 6.45) is 3.41. The second-order valence-corrected chi connectivity index (χ2v) is 3.58. The molecule has 0 aliphatic carbocycles. The van der Waals surface area contributed by atoms with E-state index in [0.29, 0.717) is 6.54 Å². The number of nitrogens with zero attached hydrogens (tertiary/aromatic N) is 2. The van der Waals surface area contributed by atoms with E-state index in [1.54, 1.807) is 12.4 Å². The Morgan fingerprint density at radius 2 is 1.92 bits per heavy atom. The first-order chi connectivity index (χ1) is 5.58. The molecule has 0 unspecified atom stereocenters. The molecule has 1 heterocycles. The number of hydrogen-bond donors (Lipinski definition) is 1. The van der Waals surface area contributed by atoms with E-state index in [1.165, 1.54) is 0 Å². The molecule has 0 radical (unpaired) electrons. The summed E-state index contributed by atoms with van der Waals surface area (Å²) in [5.74, 6) is 0. The zero-order valence-electron chi connectivity index (χ0n) is 7.83. The number of aromatic nitrogens is 2. The van der Waals surface area contributed by atoms with Gasteiger partial charge in [-0.25, -0.2) is 0 Å². The third-order valence-electron chi connectivity index (χ3n) is 2.03. The van der Waals surface area contributed by atoms with Gasteiger partial charge >= 0.3 is 0 Å². The van der Waals surface area contributed by atoms with E-state index in [4.69, 9.17) is 5.73 Å². The van der Waals surface area contributed by atoms with Crippen molar-refractivity contribution in [1.29, 1.82) is 0 Å². The fraction of sp³-hybridized carbons (Fsp3) is 0.556. The lowest BCUT2D eigenvalue weighted by molar-refractivity contribution is 0.514. The molecule has 0 bridgehead atoms. The van der Waals surface area contributed by atoms with Gasteiger partial charge in [-0.05, 0) is 6.92 Å². The van der Waals surface area contributed by atoms with Crippen LogP contribution in [-0.2, 0) is 5.41 Å². The number of nitrogens with two attached hydrogens (primary N) is 1. The largest absolute Gasteiger partial charge is 0.330 e. The summed E-state index contributed by atoms with van der Waals surface area (Å²) in [7, 11) is 0. The molecule has 1 aromatic rings. The maximum atomic E-state index is 5.64. The van der Waals surface area contributed by atoms with Gasteiger partial charge in [0.1, 0.15) is 0 Å². The Morgan fingerprint density at radius 1 is 1.33 bits per heavy atom. The second kappa shape index (κ2) is 3.19. The van der Waals surface area contributed by atoms with Crippen molar-refractivity contribution in [3.63, 3.8) is 0 Å². The SMILES string of the molecule is Cc1nccnc1C(C)(C)CN. The predicted octanol–water partition coefficient (Wildman–Crippen LogP) is 1.02. The Labute approximate surface area is 73.0 Å². The molecule has 1 aromatic heterocycles. The van der Waals surface area contributed by atoms with Crippen LogP contribution in [0.15, 0.2) is 12.4 Å². The van der Waals surface area contributed by atoms with Gasteiger partial charge in [-0.2, -0.15) is 0 Å². The zero-order chi connectivity index (χ0) is 9.19. The van der Waals surface area contributed by atoms with Crippen LogP contribution in [0.2, 0.25) is 0 Å². The van der Waals surface area contributed by atoms with Crippen molar-refractivity contribution in [2.75, 3.05) is 6.54 Å². The van der Waals surface area contributed by atoms with Crippen LogP contribution in [0.5, 0.6) is 0 Å². The summed E-state index contributed by atoms with van der Waals surface area (Å²) in [5, 5.41) is 0. The highest BCUT2D eigenvalue weighted by molar-refractivity contribution is 5.18. The average molecular weight is 165 g/mol. The maximum Gasteiger partial charge on any atom is 0.0684 e. The van der Waals surface area contributed by atoms with Gasteiger partial charge in [-0.1, -0.05) is 13.8 Å². The molecule has 0 spiro atoms. The van der Waals surface area contributed by atoms with Gasteiger partial charge in [0.25, 0.3) is 0 Å². The van der Waals surface area contributed by atoms with Crippen LogP contribution in [0.4, 0.5) is 0 Å². The lowest BCUT2D eigenvalue weighted by Crippen LogP contribution is -2.30. The summed E-state index contributed by atoms with van der Waals surface area (Å²) in [5.41, 5.74) is 7.53. The van der Waals surface area contributed by atoms with Crippen LogP contribution in [0, 0.1) is 6.92 Å². The summed E-state index contributed by atoms with van der Waals surface area (Å²) in [6, 6.07) is 0. The minimum atomic E-state index is -0.0711. The van der Waals surface area contributed by atoms with Crippen molar-refractivity contribution in [2.45, 2.75) is 26.2 Å². The van der Waals surface area contributed by atoms with Crippen molar-refractivity contribution in [3.8, 4) is 0 Å². The Hall–Kier alpha value is -0.960. The van der Waals surface area contributed by atoms with Crippen LogP contribution in [0.25, 0.3) is 0 Å². The first-order valence-electron chi connectivity index (χ1n) is 4.06. The van der Waals surface area contributed by atoms with Gasteiger partial charge in [0.15, 0.2) is 0 Å². The average Bonchev–Trinajstić information content (AvgIpc) is 2.05. The fourth-order valence-corrected chi connectivity index (χ4v) is 1.17. The molecule has 0 saturated carbocycles. The van der Waals surface area contributed by atoms with Gasteiger partial charge in [0.2, 0.25) is 0 Å². The van der Waals surface area contributed by atoms with Gasteiger partial charge in [0, 0.05) is 24.4 Å². The minimum Gasteiger partial charge on any atom is -0.330 e. The van der Waals surface area contributed by atoms with E-state index in [9.17, 15) is 0 Å². The third kappa shape index (κ3) is 1.61. The monoisotopic (exact) mass is 165 g/mol. The Balaban J connectivity index is 3.10. The highest BCUT2D eigenvalue weighted by Gasteiger charge is 2.22. The first-order valence-corrected chi connectivity index (χ1v) is 4.06. The lowest BCUT2D eigenvalue weighted by Gasteiger charge is -2.22. The highest BCUT2D eigenvalue weighted by Crippen LogP contribution is 2.20. The molecule has 0 aliphatic heterocycles. The number of hydrogen-bond acceptors (Lipinski definition) is 3. The molecule has 0 atom stereocenters. The van der Waals surface area contributed by atoms with E-state index in [0.717, 1.165) is 11.4 Å². The summed E-state index contributed by atoms with van der Waals surface area (Å²) >= 11 is 0. The van der Waals surface area contributed by atoms with E-state index in [2.05, 4.69) is 23.8 Å². The van der Waals surface area contributed by atoms with Crippen molar-refractivity contribution in [1.82, 2.24) is 9.97 Å². The molecule has 0 aromatic carbocycles. The van der Waals surface area contributed by atoms with Crippen LogP contribution >= 0.6 is 0 Å². The summed E-state index contributed by atoms with van der Waals surface area (Å²) in [4.78, 5) is 8.45. The summed E-state index contributed by atoms with van der Waals surface area (Å²) < 4.78 is 0. The molecule has 2 N–H and O–H groups in total. The van der Waals surface area contributed by atoms with Crippen LogP contribution in [-0.4, -0.2) is 16.5 Å². The molecule has 0 saturated heterocycles. The van der Waals surface area contributed by atoms with E-state index in [1.807, 2.05) is 6.92 Å². The van der Waals surface area contributed by atoms with Crippen molar-refractivity contribution in [2.24, 2.45) is 5.73 Å². The fourth-order valence-electron chi connectivity index (χ4n) is 1.17. The Morgan fingerprint density at radius 3 is 2.42 bits per heavy atom.